The summed E-state index contributed by atoms with van der Waals surface area (Å²) in [6, 6.07) is 8.16. The largest absolute Gasteiger partial charge is 0.497 e. The molecule has 2 aromatic rings. The Labute approximate surface area is 119 Å². The monoisotopic (exact) mass is 275 g/mol. The average molecular weight is 275 g/mol. The summed E-state index contributed by atoms with van der Waals surface area (Å²) < 4.78 is 12.3. The molecule has 108 valence electrons. The van der Waals surface area contributed by atoms with Crippen molar-refractivity contribution in [2.45, 2.75) is 13.0 Å². The third-order valence-corrected chi connectivity index (χ3v) is 3.11. The van der Waals surface area contributed by atoms with Crippen LogP contribution in [-0.2, 0) is 17.7 Å². The first-order chi connectivity index (χ1) is 9.83. The van der Waals surface area contributed by atoms with Crippen LogP contribution in [0.15, 0.2) is 36.7 Å². The molecule has 0 aliphatic rings. The molecule has 0 atom stereocenters. The van der Waals surface area contributed by atoms with E-state index in [-0.39, 0.29) is 0 Å². The summed E-state index contributed by atoms with van der Waals surface area (Å²) in [7, 11) is 3.37. The van der Waals surface area contributed by atoms with Gasteiger partial charge in [0.15, 0.2) is 0 Å². The molecule has 1 N–H and O–H groups in total. The summed E-state index contributed by atoms with van der Waals surface area (Å²) in [6.45, 7) is 2.32. The van der Waals surface area contributed by atoms with Crippen molar-refractivity contribution in [3.63, 3.8) is 0 Å². The van der Waals surface area contributed by atoms with Crippen LogP contribution in [0, 0.1) is 0 Å². The van der Waals surface area contributed by atoms with Gasteiger partial charge < -0.3 is 19.4 Å². The highest BCUT2D eigenvalue weighted by atomic mass is 16.5. The Balaban J connectivity index is 1.88. The molecule has 0 bridgehead atoms. The number of aryl methyl sites for hydroxylation is 2. The molecule has 0 fully saturated rings. The van der Waals surface area contributed by atoms with Gasteiger partial charge in [0.1, 0.15) is 5.75 Å². The van der Waals surface area contributed by atoms with Crippen LogP contribution in [0.3, 0.4) is 0 Å². The third kappa shape index (κ3) is 3.99. The summed E-state index contributed by atoms with van der Waals surface area (Å²) in [6.07, 6.45) is 4.75. The summed E-state index contributed by atoms with van der Waals surface area (Å²) in [5.74, 6) is 1.77. The lowest BCUT2D eigenvalue weighted by molar-refractivity contribution is 0.210. The number of imidazole rings is 1. The number of hydrogen-bond donors (Lipinski definition) is 1. The fraction of sp³-hybridized carbons (Fsp3) is 0.400. The maximum absolute atomic E-state index is 5.16. The first kappa shape index (κ1) is 14.4. The Morgan fingerprint density at radius 1 is 1.20 bits per heavy atom. The highest BCUT2D eigenvalue weighted by Crippen LogP contribution is 2.13. The number of methoxy groups -OCH3 is 2. The lowest BCUT2D eigenvalue weighted by Gasteiger charge is -2.10. The summed E-state index contributed by atoms with van der Waals surface area (Å²) >= 11 is 0. The molecule has 5 nitrogen and oxygen atoms in total. The second-order valence-corrected chi connectivity index (χ2v) is 4.46. The normalized spacial score (nSPS) is 10.5. The molecule has 1 aromatic carbocycles. The van der Waals surface area contributed by atoms with Crippen molar-refractivity contribution in [2.75, 3.05) is 32.7 Å². The average Bonchev–Trinajstić information content (AvgIpc) is 2.93. The number of ether oxygens (including phenoxy) is 2. The van der Waals surface area contributed by atoms with E-state index >= 15 is 0 Å². The summed E-state index contributed by atoms with van der Waals surface area (Å²) in [5.41, 5.74) is 1.28. The van der Waals surface area contributed by atoms with E-state index in [1.165, 1.54) is 5.56 Å². The maximum Gasteiger partial charge on any atom is 0.202 e. The molecule has 0 aliphatic carbocycles. The highest BCUT2D eigenvalue weighted by Gasteiger charge is 2.02. The molecule has 0 saturated heterocycles. The van der Waals surface area contributed by atoms with E-state index in [4.69, 9.17) is 9.47 Å². The van der Waals surface area contributed by atoms with Crippen LogP contribution in [0.5, 0.6) is 5.75 Å². The van der Waals surface area contributed by atoms with Crippen LogP contribution in [0.4, 0.5) is 5.95 Å². The number of anilines is 1. The van der Waals surface area contributed by atoms with Gasteiger partial charge in [-0.15, -0.1) is 0 Å². The van der Waals surface area contributed by atoms with E-state index in [0.717, 1.165) is 31.2 Å². The molecule has 0 radical (unpaired) electrons. The molecular formula is C15H21N3O2. The molecular weight excluding hydrogens is 254 g/mol. The van der Waals surface area contributed by atoms with Crippen LogP contribution in [0.1, 0.15) is 5.56 Å². The number of nitrogens with one attached hydrogen (secondary N) is 1. The fourth-order valence-electron chi connectivity index (χ4n) is 1.96. The van der Waals surface area contributed by atoms with Gasteiger partial charge in [0.05, 0.1) is 13.7 Å². The molecule has 0 aliphatic heterocycles. The molecule has 1 aromatic heterocycles. The first-order valence-electron chi connectivity index (χ1n) is 6.70. The van der Waals surface area contributed by atoms with Gasteiger partial charge in [-0.05, 0) is 24.1 Å². The van der Waals surface area contributed by atoms with Gasteiger partial charge in [0, 0.05) is 32.6 Å². The van der Waals surface area contributed by atoms with Gasteiger partial charge in [0.2, 0.25) is 5.95 Å². The first-order valence-corrected chi connectivity index (χ1v) is 6.70. The van der Waals surface area contributed by atoms with Gasteiger partial charge in [-0.3, -0.25) is 0 Å². The quantitative estimate of drug-likeness (QED) is 0.750. The third-order valence-electron chi connectivity index (χ3n) is 3.11. The Hall–Kier alpha value is -2.01. The Morgan fingerprint density at radius 3 is 2.70 bits per heavy atom. The van der Waals surface area contributed by atoms with E-state index in [1.807, 2.05) is 24.5 Å². The highest BCUT2D eigenvalue weighted by molar-refractivity contribution is 5.28. The Morgan fingerprint density at radius 2 is 2.00 bits per heavy atom. The van der Waals surface area contributed by atoms with Crippen molar-refractivity contribution in [1.29, 1.82) is 0 Å². The van der Waals surface area contributed by atoms with Gasteiger partial charge in [0.25, 0.3) is 0 Å². The number of benzene rings is 1. The minimum atomic E-state index is 0.672. The van der Waals surface area contributed by atoms with E-state index in [1.54, 1.807) is 14.2 Å². The van der Waals surface area contributed by atoms with Crippen LogP contribution >= 0.6 is 0 Å². The minimum absolute atomic E-state index is 0.672. The number of aromatic nitrogens is 2. The van der Waals surface area contributed by atoms with E-state index in [9.17, 15) is 0 Å². The zero-order chi connectivity index (χ0) is 14.2. The second-order valence-electron chi connectivity index (χ2n) is 4.46. The van der Waals surface area contributed by atoms with Crippen molar-refractivity contribution in [3.8, 4) is 5.75 Å². The molecule has 0 amide bonds. The van der Waals surface area contributed by atoms with Crippen LogP contribution in [-0.4, -0.2) is 36.9 Å². The van der Waals surface area contributed by atoms with Crippen LogP contribution < -0.4 is 10.1 Å². The SMILES string of the molecule is COCCNc1nccn1CCc1ccc(OC)cc1. The maximum atomic E-state index is 5.16. The zero-order valence-electron chi connectivity index (χ0n) is 12.0. The van der Waals surface area contributed by atoms with Crippen LogP contribution in [0.2, 0.25) is 0 Å². The van der Waals surface area contributed by atoms with Gasteiger partial charge in [-0.2, -0.15) is 0 Å². The fourth-order valence-corrected chi connectivity index (χ4v) is 1.96. The predicted octanol–water partition coefficient (Wildman–Crippen LogP) is 2.19. The Bertz CT molecular complexity index is 508. The van der Waals surface area contributed by atoms with Crippen molar-refractivity contribution >= 4 is 5.95 Å². The topological polar surface area (TPSA) is 48.3 Å². The van der Waals surface area contributed by atoms with Crippen LogP contribution in [0.25, 0.3) is 0 Å². The van der Waals surface area contributed by atoms with E-state index in [0.29, 0.717) is 6.61 Å². The van der Waals surface area contributed by atoms with Crippen molar-refractivity contribution < 1.29 is 9.47 Å². The molecule has 0 spiro atoms. The summed E-state index contributed by atoms with van der Waals surface area (Å²) in [5, 5.41) is 3.26. The van der Waals surface area contributed by atoms with E-state index < -0.39 is 0 Å². The zero-order valence-corrected chi connectivity index (χ0v) is 12.0. The number of rotatable bonds is 8. The predicted molar refractivity (Wildman–Crippen MR) is 79.3 cm³/mol. The lowest BCUT2D eigenvalue weighted by Crippen LogP contribution is -2.13. The molecule has 5 heteroatoms. The van der Waals surface area contributed by atoms with Gasteiger partial charge in [-0.1, -0.05) is 12.1 Å². The smallest absolute Gasteiger partial charge is 0.202 e. The van der Waals surface area contributed by atoms with Crippen molar-refractivity contribution in [3.05, 3.63) is 42.2 Å². The van der Waals surface area contributed by atoms with Crippen molar-refractivity contribution in [1.82, 2.24) is 9.55 Å². The molecule has 20 heavy (non-hydrogen) atoms. The lowest BCUT2D eigenvalue weighted by atomic mass is 10.1. The second kappa shape index (κ2) is 7.55. The molecule has 2 rings (SSSR count). The van der Waals surface area contributed by atoms with Crippen molar-refractivity contribution in [2.24, 2.45) is 0 Å². The van der Waals surface area contributed by atoms with Gasteiger partial charge >= 0.3 is 0 Å². The van der Waals surface area contributed by atoms with Gasteiger partial charge in [-0.25, -0.2) is 4.98 Å². The minimum Gasteiger partial charge on any atom is -0.497 e. The molecule has 0 saturated carbocycles. The van der Waals surface area contributed by atoms with E-state index in [2.05, 4.69) is 27.0 Å². The molecule has 1 heterocycles. The molecule has 0 unspecified atom stereocenters. The Kier molecular flexibility index (Phi) is 5.43. The number of nitrogens with zero attached hydrogens (tertiary/aromatic N) is 2. The number of hydrogen-bond acceptors (Lipinski definition) is 4. The summed E-state index contributed by atoms with van der Waals surface area (Å²) in [4.78, 5) is 4.30. The standard InChI is InChI=1S/C15H21N3O2/c1-19-12-9-17-15-16-8-11-18(15)10-7-13-3-5-14(20-2)6-4-13/h3-6,8,11H,7,9-10,12H2,1-2H3,(H,16,17).